The molecule has 7 fully saturated rings. The van der Waals surface area contributed by atoms with E-state index in [0.717, 1.165) is 61.2 Å². The van der Waals surface area contributed by atoms with Gasteiger partial charge in [-0.1, -0.05) is 26.3 Å². The largest absolute Gasteiger partial charge is 0.458 e. The summed E-state index contributed by atoms with van der Waals surface area (Å²) in [5, 5.41) is 0. The molecule has 11 atom stereocenters. The van der Waals surface area contributed by atoms with Gasteiger partial charge in [-0.25, -0.2) is 0 Å². The summed E-state index contributed by atoms with van der Waals surface area (Å²) in [7, 11) is 0. The van der Waals surface area contributed by atoms with E-state index in [1.54, 1.807) is 5.57 Å². The zero-order chi connectivity index (χ0) is 20.4. The van der Waals surface area contributed by atoms with Gasteiger partial charge >= 0.3 is 5.97 Å². The standard InChI is InChI=1S/C27H34O3/c1-13-20-22(13)27(7-5-19(29)30-27)25(3)6-4-16-21(23(20)25)15-10-14(15)17-11-18(28)26(8-9-26)12-24(16,17)2/h11,13-16,20-23H,4-10,12H2,1-3H3/t13-,14?,15?,16?,20?,21?,22?,23?,24-,25+,27+/m1/s1. The van der Waals surface area contributed by atoms with Crippen LogP contribution < -0.4 is 0 Å². The Morgan fingerprint density at radius 1 is 1.03 bits per heavy atom. The number of ether oxygens (including phenoxy) is 1. The van der Waals surface area contributed by atoms with Gasteiger partial charge in [0.15, 0.2) is 5.78 Å². The Morgan fingerprint density at radius 2 is 1.83 bits per heavy atom. The molecule has 30 heavy (non-hydrogen) atoms. The van der Waals surface area contributed by atoms with Crippen molar-refractivity contribution in [1.82, 2.24) is 0 Å². The monoisotopic (exact) mass is 406 g/mol. The Hall–Kier alpha value is -1.12. The van der Waals surface area contributed by atoms with Gasteiger partial charge in [-0.3, -0.25) is 9.59 Å². The van der Waals surface area contributed by atoms with Crippen LogP contribution in [-0.2, 0) is 14.3 Å². The first-order valence-electron chi connectivity index (χ1n) is 12.7. The van der Waals surface area contributed by atoms with Crippen molar-refractivity contribution in [3.63, 3.8) is 0 Å². The zero-order valence-corrected chi connectivity index (χ0v) is 18.6. The molecule has 6 saturated carbocycles. The molecule has 0 N–H and O–H groups in total. The van der Waals surface area contributed by atoms with Crippen molar-refractivity contribution in [1.29, 1.82) is 0 Å². The minimum atomic E-state index is -0.161. The van der Waals surface area contributed by atoms with Crippen LogP contribution in [-0.4, -0.2) is 17.4 Å². The number of carbonyl (C=O) groups excluding carboxylic acids is 2. The highest BCUT2D eigenvalue weighted by Gasteiger charge is 2.83. The second-order valence-electron chi connectivity index (χ2n) is 13.3. The van der Waals surface area contributed by atoms with Gasteiger partial charge in [0.2, 0.25) is 0 Å². The van der Waals surface area contributed by atoms with Gasteiger partial charge in [0.25, 0.3) is 0 Å². The van der Waals surface area contributed by atoms with Crippen molar-refractivity contribution < 1.29 is 14.3 Å². The number of hydrogen-bond donors (Lipinski definition) is 0. The van der Waals surface area contributed by atoms with E-state index >= 15 is 0 Å². The number of allylic oxidation sites excluding steroid dienone is 1. The van der Waals surface area contributed by atoms with Crippen LogP contribution in [0.2, 0.25) is 0 Å². The first-order valence-corrected chi connectivity index (χ1v) is 12.7. The van der Waals surface area contributed by atoms with Gasteiger partial charge in [-0.15, -0.1) is 0 Å². The Balaban J connectivity index is 1.25. The molecule has 1 heterocycles. The van der Waals surface area contributed by atoms with E-state index in [-0.39, 0.29) is 27.8 Å². The third kappa shape index (κ3) is 1.61. The highest BCUT2D eigenvalue weighted by atomic mass is 16.6. The second kappa shape index (κ2) is 4.64. The predicted octanol–water partition coefficient (Wildman–Crippen LogP) is 4.94. The fraction of sp³-hybridized carbons (Fsp3) is 0.852. The van der Waals surface area contributed by atoms with E-state index in [0.29, 0.717) is 24.0 Å². The quantitative estimate of drug-likeness (QED) is 0.535. The number of hydrogen-bond acceptors (Lipinski definition) is 3. The molecule has 1 saturated heterocycles. The summed E-state index contributed by atoms with van der Waals surface area (Å²) in [6.45, 7) is 7.50. The van der Waals surface area contributed by atoms with E-state index in [4.69, 9.17) is 4.74 Å². The van der Waals surface area contributed by atoms with Crippen molar-refractivity contribution in [2.24, 2.45) is 63.6 Å². The molecular formula is C27H34O3. The van der Waals surface area contributed by atoms with E-state index in [2.05, 4.69) is 26.8 Å². The van der Waals surface area contributed by atoms with Crippen LogP contribution in [0.3, 0.4) is 0 Å². The Bertz CT molecular complexity index is 959. The number of carbonyl (C=O) groups is 2. The van der Waals surface area contributed by atoms with Crippen molar-refractivity contribution >= 4 is 11.8 Å². The van der Waals surface area contributed by atoms with Crippen LogP contribution in [0.5, 0.6) is 0 Å². The molecule has 3 nitrogen and oxygen atoms in total. The normalized spacial score (nSPS) is 62.7. The lowest BCUT2D eigenvalue weighted by Gasteiger charge is -2.61. The van der Waals surface area contributed by atoms with Crippen LogP contribution in [0.1, 0.15) is 72.1 Å². The molecule has 0 bridgehead atoms. The molecule has 0 aromatic rings. The van der Waals surface area contributed by atoms with Crippen LogP contribution in [0, 0.1) is 63.6 Å². The minimum absolute atomic E-state index is 0.0125. The minimum Gasteiger partial charge on any atom is -0.458 e. The van der Waals surface area contributed by atoms with E-state index in [9.17, 15) is 9.59 Å². The summed E-state index contributed by atoms with van der Waals surface area (Å²) in [5.74, 6) is 6.34. The van der Waals surface area contributed by atoms with Crippen LogP contribution >= 0.6 is 0 Å². The average Bonchev–Trinajstić information content (AvgIpc) is 3.63. The Kier molecular flexibility index (Phi) is 2.70. The fourth-order valence-corrected chi connectivity index (χ4v) is 11.2. The van der Waals surface area contributed by atoms with Gasteiger partial charge < -0.3 is 4.74 Å². The second-order valence-corrected chi connectivity index (χ2v) is 13.3. The average molecular weight is 407 g/mol. The lowest BCUT2D eigenvalue weighted by Crippen LogP contribution is -2.58. The van der Waals surface area contributed by atoms with Crippen molar-refractivity contribution in [2.45, 2.75) is 77.7 Å². The van der Waals surface area contributed by atoms with Crippen LogP contribution in [0.15, 0.2) is 11.6 Å². The summed E-state index contributed by atoms with van der Waals surface area (Å²) in [6, 6.07) is 0. The summed E-state index contributed by atoms with van der Waals surface area (Å²) in [4.78, 5) is 25.2. The number of esters is 1. The van der Waals surface area contributed by atoms with E-state index in [1.807, 2.05) is 0 Å². The van der Waals surface area contributed by atoms with E-state index in [1.165, 1.54) is 19.3 Å². The van der Waals surface area contributed by atoms with Crippen molar-refractivity contribution in [3.8, 4) is 0 Å². The van der Waals surface area contributed by atoms with Crippen molar-refractivity contribution in [3.05, 3.63) is 11.6 Å². The molecule has 7 unspecified atom stereocenters. The van der Waals surface area contributed by atoms with Gasteiger partial charge in [-0.2, -0.15) is 0 Å². The van der Waals surface area contributed by atoms with E-state index < -0.39 is 0 Å². The maximum absolute atomic E-state index is 12.9. The molecule has 0 aromatic heterocycles. The Labute approximate surface area is 179 Å². The third-order valence-electron chi connectivity index (χ3n) is 12.5. The smallest absolute Gasteiger partial charge is 0.306 e. The zero-order valence-electron chi connectivity index (χ0n) is 18.6. The maximum atomic E-state index is 12.9. The molecule has 0 amide bonds. The molecule has 2 spiro atoms. The lowest BCUT2D eigenvalue weighted by molar-refractivity contribution is -0.180. The van der Waals surface area contributed by atoms with Gasteiger partial charge in [-0.05, 0) is 97.9 Å². The predicted molar refractivity (Wildman–Crippen MR) is 111 cm³/mol. The molecule has 8 aliphatic rings. The van der Waals surface area contributed by atoms with Crippen LogP contribution in [0.25, 0.3) is 0 Å². The molecule has 3 heteroatoms. The highest BCUT2D eigenvalue weighted by molar-refractivity contribution is 5.99. The summed E-state index contributed by atoms with van der Waals surface area (Å²) < 4.78 is 6.33. The molecule has 0 aromatic carbocycles. The van der Waals surface area contributed by atoms with Crippen molar-refractivity contribution in [2.75, 3.05) is 0 Å². The summed E-state index contributed by atoms with van der Waals surface area (Å²) in [5.41, 5.74) is 1.82. The number of fused-ring (bicyclic) bond motifs is 12. The third-order valence-corrected chi connectivity index (χ3v) is 12.5. The first kappa shape index (κ1) is 17.4. The molecule has 160 valence electrons. The molecule has 0 radical (unpaired) electrons. The number of rotatable bonds is 0. The molecule has 1 aliphatic heterocycles. The molecule has 8 rings (SSSR count). The number of ketones is 1. The van der Waals surface area contributed by atoms with Gasteiger partial charge in [0.05, 0.1) is 0 Å². The van der Waals surface area contributed by atoms with Gasteiger partial charge in [0, 0.05) is 23.2 Å². The SMILES string of the molecule is C[C@@H]1C2C3C4C5CC5C5=CC(=O)C6(CC6)C[C@]5(C)C4CC[C@]3(C)[C@]3(CCC(=O)O3)C21. The maximum Gasteiger partial charge on any atom is 0.306 e. The summed E-state index contributed by atoms with van der Waals surface area (Å²) >= 11 is 0. The highest BCUT2D eigenvalue weighted by Crippen LogP contribution is 2.84. The lowest BCUT2D eigenvalue weighted by atomic mass is 9.44. The molecular weight excluding hydrogens is 372 g/mol. The summed E-state index contributed by atoms with van der Waals surface area (Å²) in [6.07, 6.45) is 10.9. The fourth-order valence-electron chi connectivity index (χ4n) is 11.2. The Morgan fingerprint density at radius 3 is 2.53 bits per heavy atom. The topological polar surface area (TPSA) is 43.4 Å². The van der Waals surface area contributed by atoms with Crippen LogP contribution in [0.4, 0.5) is 0 Å². The van der Waals surface area contributed by atoms with Gasteiger partial charge in [0.1, 0.15) is 5.60 Å². The molecule has 7 aliphatic carbocycles. The first-order chi connectivity index (χ1) is 14.3.